The lowest BCUT2D eigenvalue weighted by Gasteiger charge is -2.28. The van der Waals surface area contributed by atoms with Gasteiger partial charge in [-0.15, -0.1) is 0 Å². The Balaban J connectivity index is 1.83. The van der Waals surface area contributed by atoms with Gasteiger partial charge in [-0.1, -0.05) is 17.7 Å². The van der Waals surface area contributed by atoms with Crippen LogP contribution in [0.4, 0.5) is 0 Å². The first-order valence-electron chi connectivity index (χ1n) is 12.1. The topological polar surface area (TPSA) is 102 Å². The third-order valence-corrected chi connectivity index (χ3v) is 6.41. The summed E-state index contributed by atoms with van der Waals surface area (Å²) in [6.07, 6.45) is -0.0842. The normalized spacial score (nSPS) is 15.8. The van der Waals surface area contributed by atoms with E-state index < -0.39 is 23.5 Å². The molecular weight excluding hydrogens is 512 g/mol. The third-order valence-electron chi connectivity index (χ3n) is 6.19. The molecular formula is C28H31ClN2O7. The highest BCUT2D eigenvalue weighted by atomic mass is 35.5. The minimum absolute atomic E-state index is 0.0545. The number of halogens is 1. The largest absolute Gasteiger partial charge is 0.503 e. The predicted octanol–water partition coefficient (Wildman–Crippen LogP) is 5.03. The molecule has 2 aromatic carbocycles. The van der Waals surface area contributed by atoms with E-state index in [1.807, 2.05) is 32.8 Å². The van der Waals surface area contributed by atoms with Gasteiger partial charge in [0.15, 0.2) is 34.4 Å². The van der Waals surface area contributed by atoms with E-state index in [1.165, 1.54) is 25.2 Å². The Bertz CT molecular complexity index is 1410. The fourth-order valence-electron chi connectivity index (χ4n) is 4.46. The number of nitrogens with zero attached hydrogens (tertiary/aromatic N) is 2. The van der Waals surface area contributed by atoms with E-state index in [1.54, 1.807) is 30.3 Å². The van der Waals surface area contributed by atoms with Crippen molar-refractivity contribution in [3.63, 3.8) is 0 Å². The van der Waals surface area contributed by atoms with Gasteiger partial charge in [-0.25, -0.2) is 0 Å². The quantitative estimate of drug-likeness (QED) is 0.356. The molecule has 2 heterocycles. The number of aliphatic hydroxyl groups is 1. The van der Waals surface area contributed by atoms with Gasteiger partial charge in [-0.3, -0.25) is 9.59 Å². The zero-order valence-corrected chi connectivity index (χ0v) is 23.0. The SMILES string of the molecule is COc1cc(C2C(C(=O)c3cc4cc(Cl)cc(OC)c4o3)=C(O)C(=O)N2CCN(C)C)ccc1OC(C)C. The average Bonchev–Trinajstić information content (AvgIpc) is 3.40. The Morgan fingerprint density at radius 3 is 2.45 bits per heavy atom. The fourth-order valence-corrected chi connectivity index (χ4v) is 4.67. The summed E-state index contributed by atoms with van der Waals surface area (Å²) in [5.74, 6) is -0.605. The van der Waals surface area contributed by atoms with E-state index in [0.29, 0.717) is 45.3 Å². The number of fused-ring (bicyclic) bond motifs is 1. The molecule has 10 heteroatoms. The van der Waals surface area contributed by atoms with Crippen molar-refractivity contribution >= 4 is 34.3 Å². The Hall–Kier alpha value is -3.69. The number of Topliss-reactive ketones (excluding diaryl/α,β-unsaturated/α-hetero) is 1. The Labute approximate surface area is 226 Å². The van der Waals surface area contributed by atoms with E-state index in [0.717, 1.165) is 0 Å². The summed E-state index contributed by atoms with van der Waals surface area (Å²) in [6, 6.07) is 9.07. The molecule has 3 aromatic rings. The number of furan rings is 1. The van der Waals surface area contributed by atoms with Crippen LogP contribution in [0.2, 0.25) is 5.02 Å². The zero-order valence-electron chi connectivity index (χ0n) is 22.2. The number of rotatable bonds is 10. The molecule has 0 spiro atoms. The Morgan fingerprint density at radius 2 is 1.82 bits per heavy atom. The molecule has 1 atom stereocenters. The van der Waals surface area contributed by atoms with Gasteiger partial charge in [0.1, 0.15) is 0 Å². The zero-order chi connectivity index (χ0) is 27.7. The van der Waals surface area contributed by atoms with Gasteiger partial charge < -0.3 is 33.5 Å². The van der Waals surface area contributed by atoms with Crippen molar-refractivity contribution in [2.24, 2.45) is 0 Å². The summed E-state index contributed by atoms with van der Waals surface area (Å²) in [4.78, 5) is 30.5. The molecule has 0 saturated carbocycles. The first-order valence-corrected chi connectivity index (χ1v) is 12.5. The highest BCUT2D eigenvalue weighted by molar-refractivity contribution is 6.31. The lowest BCUT2D eigenvalue weighted by atomic mass is 9.94. The summed E-state index contributed by atoms with van der Waals surface area (Å²) in [5, 5.41) is 12.0. The van der Waals surface area contributed by atoms with Crippen LogP contribution in [0.25, 0.3) is 11.0 Å². The molecule has 1 N–H and O–H groups in total. The first kappa shape index (κ1) is 27.3. The minimum atomic E-state index is -0.879. The molecule has 0 radical (unpaired) electrons. The van der Waals surface area contributed by atoms with Crippen molar-refractivity contribution in [3.8, 4) is 17.2 Å². The standard InChI is InChI=1S/C28H31ClN2O7/c1-15(2)37-19-8-7-16(12-20(19)35-5)24-23(26(33)28(34)31(24)10-9-30(3)4)25(32)21-13-17-11-18(29)14-22(36-6)27(17)38-21/h7-8,11-15,24,33H,9-10H2,1-6H3. The molecule has 1 aliphatic heterocycles. The number of hydrogen-bond acceptors (Lipinski definition) is 8. The molecule has 0 bridgehead atoms. The summed E-state index contributed by atoms with van der Waals surface area (Å²) < 4.78 is 22.6. The van der Waals surface area contributed by atoms with Gasteiger partial charge in [-0.2, -0.15) is 0 Å². The van der Waals surface area contributed by atoms with Gasteiger partial charge in [0.2, 0.25) is 5.78 Å². The van der Waals surface area contributed by atoms with E-state index in [4.69, 9.17) is 30.2 Å². The second kappa shape index (κ2) is 11.0. The lowest BCUT2D eigenvalue weighted by Crippen LogP contribution is -2.36. The number of hydrogen-bond donors (Lipinski definition) is 1. The van der Waals surface area contributed by atoms with Crippen LogP contribution in [-0.2, 0) is 4.79 Å². The summed E-state index contributed by atoms with van der Waals surface area (Å²) in [7, 11) is 6.74. The maximum Gasteiger partial charge on any atom is 0.290 e. The number of carbonyl (C=O) groups excluding carboxylic acids is 2. The van der Waals surface area contributed by atoms with Crippen LogP contribution in [0.1, 0.15) is 36.0 Å². The number of amides is 1. The van der Waals surface area contributed by atoms with Crippen molar-refractivity contribution in [2.45, 2.75) is 26.0 Å². The molecule has 4 rings (SSSR count). The molecule has 1 amide bonds. The van der Waals surface area contributed by atoms with Crippen molar-refractivity contribution in [2.75, 3.05) is 41.4 Å². The highest BCUT2D eigenvalue weighted by Crippen LogP contribution is 2.43. The molecule has 1 unspecified atom stereocenters. The Morgan fingerprint density at radius 1 is 1.11 bits per heavy atom. The molecule has 1 aromatic heterocycles. The second-order valence-corrected chi connectivity index (χ2v) is 9.95. The summed E-state index contributed by atoms with van der Waals surface area (Å²) >= 11 is 6.18. The molecule has 38 heavy (non-hydrogen) atoms. The minimum Gasteiger partial charge on any atom is -0.503 e. The molecule has 9 nitrogen and oxygen atoms in total. The number of benzene rings is 2. The maximum absolute atomic E-state index is 13.9. The summed E-state index contributed by atoms with van der Waals surface area (Å²) in [5.41, 5.74) is 0.828. The highest BCUT2D eigenvalue weighted by Gasteiger charge is 2.44. The van der Waals surface area contributed by atoms with Crippen molar-refractivity contribution < 1.29 is 33.3 Å². The number of likely N-dealkylation sites (N-methyl/N-ethyl adjacent to an activating group) is 1. The predicted molar refractivity (Wildman–Crippen MR) is 144 cm³/mol. The van der Waals surface area contributed by atoms with Crippen LogP contribution < -0.4 is 14.2 Å². The van der Waals surface area contributed by atoms with E-state index in [-0.39, 0.29) is 24.0 Å². The number of ether oxygens (including phenoxy) is 3. The Kier molecular flexibility index (Phi) is 7.89. The molecule has 0 aliphatic carbocycles. The number of ketones is 1. The van der Waals surface area contributed by atoms with Crippen molar-refractivity contribution in [1.29, 1.82) is 0 Å². The first-order chi connectivity index (χ1) is 18.0. The number of carbonyl (C=O) groups is 2. The van der Waals surface area contributed by atoms with Gasteiger partial charge >= 0.3 is 0 Å². The van der Waals surface area contributed by atoms with E-state index in [2.05, 4.69) is 0 Å². The van der Waals surface area contributed by atoms with Gasteiger partial charge in [-0.05, 0) is 57.8 Å². The van der Waals surface area contributed by atoms with Crippen molar-refractivity contribution in [1.82, 2.24) is 9.80 Å². The average molecular weight is 543 g/mol. The molecule has 202 valence electrons. The van der Waals surface area contributed by atoms with Gasteiger partial charge in [0.05, 0.1) is 31.9 Å². The fraction of sp³-hybridized carbons (Fsp3) is 0.357. The van der Waals surface area contributed by atoms with Crippen LogP contribution in [0, 0.1) is 0 Å². The van der Waals surface area contributed by atoms with Crippen LogP contribution in [0.3, 0.4) is 0 Å². The second-order valence-electron chi connectivity index (χ2n) is 9.51. The van der Waals surface area contributed by atoms with Gasteiger partial charge in [0.25, 0.3) is 5.91 Å². The van der Waals surface area contributed by atoms with Gasteiger partial charge in [0, 0.05) is 29.6 Å². The third kappa shape index (κ3) is 5.16. The van der Waals surface area contributed by atoms with E-state index in [9.17, 15) is 14.7 Å². The molecule has 0 fully saturated rings. The summed E-state index contributed by atoms with van der Waals surface area (Å²) in [6.45, 7) is 4.59. The lowest BCUT2D eigenvalue weighted by molar-refractivity contribution is -0.129. The maximum atomic E-state index is 13.9. The number of aliphatic hydroxyl groups excluding tert-OH is 1. The van der Waals surface area contributed by atoms with Crippen LogP contribution >= 0.6 is 11.6 Å². The van der Waals surface area contributed by atoms with Crippen LogP contribution in [0.5, 0.6) is 17.2 Å². The molecule has 1 aliphatic rings. The van der Waals surface area contributed by atoms with Crippen LogP contribution in [-0.4, -0.2) is 74.1 Å². The van der Waals surface area contributed by atoms with Crippen LogP contribution in [0.15, 0.2) is 52.1 Å². The molecule has 0 saturated heterocycles. The smallest absolute Gasteiger partial charge is 0.290 e. The monoisotopic (exact) mass is 542 g/mol. The van der Waals surface area contributed by atoms with E-state index >= 15 is 0 Å². The van der Waals surface area contributed by atoms with Crippen molar-refractivity contribution in [3.05, 3.63) is 64.1 Å². The number of methoxy groups -OCH3 is 2.